The van der Waals surface area contributed by atoms with Gasteiger partial charge in [0.25, 0.3) is 5.91 Å². The molecular weight excluding hydrogens is 438 g/mol. The van der Waals surface area contributed by atoms with Crippen LogP contribution in [0.5, 0.6) is 0 Å². The molecule has 2 aliphatic rings. The van der Waals surface area contributed by atoms with Gasteiger partial charge in [0.15, 0.2) is 5.78 Å². The molecule has 3 heterocycles. The van der Waals surface area contributed by atoms with E-state index in [0.717, 1.165) is 17.0 Å². The Morgan fingerprint density at radius 3 is 2.56 bits per heavy atom. The van der Waals surface area contributed by atoms with E-state index in [0.29, 0.717) is 29.8 Å². The minimum atomic E-state index is -1.35. The molecule has 2 saturated heterocycles. The molecule has 0 unspecified atom stereocenters. The molecule has 2 aliphatic heterocycles. The van der Waals surface area contributed by atoms with Crippen LogP contribution in [0.1, 0.15) is 35.7 Å². The number of ketones is 1. The molecule has 1 atom stereocenters. The van der Waals surface area contributed by atoms with Gasteiger partial charge in [0, 0.05) is 24.2 Å². The summed E-state index contributed by atoms with van der Waals surface area (Å²) in [6.07, 6.45) is 2.75. The van der Waals surface area contributed by atoms with Crippen LogP contribution in [-0.4, -0.2) is 61.8 Å². The number of urea groups is 1. The molecule has 2 fully saturated rings. The first kappa shape index (κ1) is 21.4. The van der Waals surface area contributed by atoms with E-state index in [2.05, 4.69) is 20.8 Å². The Labute approximate surface area is 194 Å². The van der Waals surface area contributed by atoms with Crippen LogP contribution in [0.25, 0.3) is 5.69 Å². The summed E-state index contributed by atoms with van der Waals surface area (Å²) in [7, 11) is 0. The summed E-state index contributed by atoms with van der Waals surface area (Å²) in [6.45, 7) is 1.86. The number of nitrogens with one attached hydrogen (secondary N) is 1. The monoisotopic (exact) mass is 459 g/mol. The van der Waals surface area contributed by atoms with Crippen molar-refractivity contribution in [2.24, 2.45) is 0 Å². The Hall–Kier alpha value is -4.41. The number of Topliss-reactive ketones (excluding diaryl/α,β-unsaturated/α-hetero) is 1. The molecule has 0 saturated carbocycles. The van der Waals surface area contributed by atoms with Crippen LogP contribution in [0.15, 0.2) is 54.9 Å². The third kappa shape index (κ3) is 3.60. The van der Waals surface area contributed by atoms with E-state index in [1.54, 1.807) is 60.4 Å². The predicted octanol–water partition coefficient (Wildman–Crippen LogP) is 1.44. The summed E-state index contributed by atoms with van der Waals surface area (Å²) in [5.41, 5.74) is 0.890. The van der Waals surface area contributed by atoms with Gasteiger partial charge in [-0.2, -0.15) is 0 Å². The van der Waals surface area contributed by atoms with Crippen molar-refractivity contribution in [2.75, 3.05) is 18.0 Å². The predicted molar refractivity (Wildman–Crippen MR) is 119 cm³/mol. The average molecular weight is 459 g/mol. The minimum Gasteiger partial charge on any atom is -0.319 e. The zero-order valence-corrected chi connectivity index (χ0v) is 18.3. The van der Waals surface area contributed by atoms with Crippen molar-refractivity contribution >= 4 is 29.3 Å². The molecule has 0 aliphatic carbocycles. The first-order valence-corrected chi connectivity index (χ1v) is 10.8. The minimum absolute atomic E-state index is 0.0573. The van der Waals surface area contributed by atoms with Gasteiger partial charge in [-0.25, -0.2) is 9.48 Å². The molecule has 11 heteroatoms. The Morgan fingerprint density at radius 2 is 1.88 bits per heavy atom. The second-order valence-electron chi connectivity index (χ2n) is 8.37. The van der Waals surface area contributed by atoms with Crippen molar-refractivity contribution in [2.45, 2.75) is 25.3 Å². The van der Waals surface area contributed by atoms with E-state index in [4.69, 9.17) is 0 Å². The van der Waals surface area contributed by atoms with E-state index in [9.17, 15) is 19.2 Å². The SMILES string of the molecule is C[C@]1(c2cccc(-n3cnnn3)c2)NC(=O)N(CC(=O)c2ccc(N3CCCC3=O)cc2)C1=O. The highest BCUT2D eigenvalue weighted by Crippen LogP contribution is 2.30. The van der Waals surface area contributed by atoms with Gasteiger partial charge in [-0.05, 0) is 65.7 Å². The smallest absolute Gasteiger partial charge is 0.319 e. The van der Waals surface area contributed by atoms with Crippen LogP contribution in [-0.2, 0) is 15.1 Å². The lowest BCUT2D eigenvalue weighted by molar-refractivity contribution is -0.130. The molecule has 1 N–H and O–H groups in total. The van der Waals surface area contributed by atoms with Crippen LogP contribution in [0, 0.1) is 0 Å². The fourth-order valence-electron chi connectivity index (χ4n) is 4.26. The van der Waals surface area contributed by atoms with E-state index < -0.39 is 24.0 Å². The van der Waals surface area contributed by atoms with Crippen molar-refractivity contribution in [1.82, 2.24) is 30.4 Å². The van der Waals surface area contributed by atoms with Gasteiger partial charge in [0.05, 0.1) is 12.2 Å². The van der Waals surface area contributed by atoms with E-state index in [1.807, 2.05) is 0 Å². The largest absolute Gasteiger partial charge is 0.325 e. The van der Waals surface area contributed by atoms with Crippen LogP contribution < -0.4 is 10.2 Å². The lowest BCUT2D eigenvalue weighted by Gasteiger charge is -2.22. The fraction of sp³-hybridized carbons (Fsp3) is 0.261. The molecule has 34 heavy (non-hydrogen) atoms. The van der Waals surface area contributed by atoms with Crippen LogP contribution in [0.2, 0.25) is 0 Å². The topological polar surface area (TPSA) is 130 Å². The maximum atomic E-state index is 13.3. The molecule has 0 bridgehead atoms. The maximum absolute atomic E-state index is 13.3. The van der Waals surface area contributed by atoms with Crippen molar-refractivity contribution in [3.05, 3.63) is 66.0 Å². The molecule has 0 spiro atoms. The highest BCUT2D eigenvalue weighted by atomic mass is 16.2. The normalized spacial score (nSPS) is 20.2. The Balaban J connectivity index is 1.33. The van der Waals surface area contributed by atoms with Gasteiger partial charge in [-0.1, -0.05) is 12.1 Å². The van der Waals surface area contributed by atoms with Crippen molar-refractivity contribution < 1.29 is 19.2 Å². The number of anilines is 1. The molecule has 1 aromatic heterocycles. The zero-order valence-electron chi connectivity index (χ0n) is 18.3. The van der Waals surface area contributed by atoms with Crippen molar-refractivity contribution in [3.63, 3.8) is 0 Å². The number of hydrogen-bond acceptors (Lipinski definition) is 7. The number of carbonyl (C=O) groups is 4. The molecule has 11 nitrogen and oxygen atoms in total. The zero-order chi connectivity index (χ0) is 23.9. The third-order valence-corrected chi connectivity index (χ3v) is 6.19. The number of benzene rings is 2. The summed E-state index contributed by atoms with van der Waals surface area (Å²) < 4.78 is 1.44. The number of hydrogen-bond donors (Lipinski definition) is 1. The lowest BCUT2D eigenvalue weighted by Crippen LogP contribution is -2.41. The van der Waals surface area contributed by atoms with Gasteiger partial charge < -0.3 is 10.2 Å². The number of imide groups is 1. The third-order valence-electron chi connectivity index (χ3n) is 6.19. The summed E-state index contributed by atoms with van der Waals surface area (Å²) in [4.78, 5) is 53.3. The maximum Gasteiger partial charge on any atom is 0.325 e. The second-order valence-corrected chi connectivity index (χ2v) is 8.37. The molecule has 172 valence electrons. The Bertz CT molecular complexity index is 1290. The van der Waals surface area contributed by atoms with Gasteiger partial charge in [0.1, 0.15) is 11.9 Å². The number of amides is 4. The van der Waals surface area contributed by atoms with Crippen molar-refractivity contribution in [1.29, 1.82) is 0 Å². The standard InChI is InChI=1S/C23H21N7O4/c1-23(16-4-2-5-18(12-16)30-14-24-26-27-30)21(33)29(22(34)25-23)13-19(31)15-7-9-17(10-8-15)28-11-3-6-20(28)32/h2,4-5,7-10,12,14H,3,6,11,13H2,1H3,(H,25,34)/t23-/m1/s1. The molecule has 2 aromatic carbocycles. The van der Waals surface area contributed by atoms with Crippen LogP contribution >= 0.6 is 0 Å². The van der Waals surface area contributed by atoms with E-state index in [1.165, 1.54) is 11.0 Å². The molecule has 4 amide bonds. The summed E-state index contributed by atoms with van der Waals surface area (Å²) in [5.74, 6) is -0.852. The van der Waals surface area contributed by atoms with Gasteiger partial charge in [0.2, 0.25) is 5.91 Å². The number of carbonyl (C=O) groups excluding carboxylic acids is 4. The summed E-state index contributed by atoms with van der Waals surface area (Å²) in [6, 6.07) is 12.9. The van der Waals surface area contributed by atoms with Gasteiger partial charge in [-0.3, -0.25) is 19.3 Å². The van der Waals surface area contributed by atoms with Crippen LogP contribution in [0.3, 0.4) is 0 Å². The molecular formula is C23H21N7O4. The van der Waals surface area contributed by atoms with Crippen LogP contribution in [0.4, 0.5) is 10.5 Å². The number of nitrogens with zero attached hydrogens (tertiary/aromatic N) is 6. The molecule has 0 radical (unpaired) electrons. The van der Waals surface area contributed by atoms with Gasteiger partial charge in [-0.15, -0.1) is 5.10 Å². The number of tetrazole rings is 1. The Morgan fingerprint density at radius 1 is 1.09 bits per heavy atom. The van der Waals surface area contributed by atoms with E-state index >= 15 is 0 Å². The summed E-state index contributed by atoms with van der Waals surface area (Å²) in [5, 5.41) is 13.8. The number of aromatic nitrogens is 4. The Kier molecular flexibility index (Phi) is 5.16. The number of rotatable bonds is 6. The fourth-order valence-corrected chi connectivity index (χ4v) is 4.26. The second kappa shape index (κ2) is 8.18. The first-order chi connectivity index (χ1) is 16.4. The van der Waals surface area contributed by atoms with Crippen molar-refractivity contribution in [3.8, 4) is 5.69 Å². The summed E-state index contributed by atoms with van der Waals surface area (Å²) >= 11 is 0. The molecule has 3 aromatic rings. The average Bonchev–Trinajstić information content (AvgIpc) is 3.58. The lowest BCUT2D eigenvalue weighted by atomic mass is 9.91. The first-order valence-electron chi connectivity index (χ1n) is 10.8. The molecule has 5 rings (SSSR count). The highest BCUT2D eigenvalue weighted by molar-refractivity contribution is 6.11. The quantitative estimate of drug-likeness (QED) is 0.436. The van der Waals surface area contributed by atoms with E-state index in [-0.39, 0.29) is 11.7 Å². The highest BCUT2D eigenvalue weighted by Gasteiger charge is 2.49. The van der Waals surface area contributed by atoms with Gasteiger partial charge >= 0.3 is 6.03 Å².